The predicted molar refractivity (Wildman–Crippen MR) is 124 cm³/mol. The van der Waals surface area contributed by atoms with Crippen LogP contribution >= 0.6 is 24.0 Å². The van der Waals surface area contributed by atoms with Gasteiger partial charge in [0.25, 0.3) is 0 Å². The van der Waals surface area contributed by atoms with E-state index < -0.39 is 0 Å². The summed E-state index contributed by atoms with van der Waals surface area (Å²) in [5.74, 6) is 1.69. The highest BCUT2D eigenvalue weighted by molar-refractivity contribution is 14.0. The molecule has 0 amide bonds. The molecule has 1 saturated heterocycles. The Bertz CT molecular complexity index is 581. The molecule has 0 spiro atoms. The van der Waals surface area contributed by atoms with Crippen molar-refractivity contribution in [1.29, 1.82) is 0 Å². The SMILES string of the molecule is CCOCCOc1cc(C)ccc1CNC(=NC)NCCN1CCOCC1.I. The van der Waals surface area contributed by atoms with E-state index in [0.29, 0.717) is 26.4 Å². The van der Waals surface area contributed by atoms with Gasteiger partial charge in [0.15, 0.2) is 5.96 Å². The van der Waals surface area contributed by atoms with E-state index in [4.69, 9.17) is 14.2 Å². The zero-order valence-electron chi connectivity index (χ0n) is 17.3. The largest absolute Gasteiger partial charge is 0.491 e. The molecule has 0 radical (unpaired) electrons. The van der Waals surface area contributed by atoms with Crippen molar-refractivity contribution in [1.82, 2.24) is 15.5 Å². The van der Waals surface area contributed by atoms with Gasteiger partial charge < -0.3 is 24.8 Å². The van der Waals surface area contributed by atoms with Crippen molar-refractivity contribution in [2.45, 2.75) is 20.4 Å². The molecule has 0 aliphatic carbocycles. The van der Waals surface area contributed by atoms with Crippen LogP contribution in [0.5, 0.6) is 5.75 Å². The monoisotopic (exact) mass is 506 g/mol. The normalized spacial score (nSPS) is 15.0. The molecule has 2 rings (SSSR count). The highest BCUT2D eigenvalue weighted by Crippen LogP contribution is 2.20. The van der Waals surface area contributed by atoms with E-state index in [0.717, 1.165) is 56.7 Å². The molecular formula is C20H35IN4O3. The third kappa shape index (κ3) is 9.40. The highest BCUT2D eigenvalue weighted by Gasteiger charge is 2.10. The number of aryl methyl sites for hydroxylation is 1. The van der Waals surface area contributed by atoms with Crippen molar-refractivity contribution in [3.8, 4) is 5.75 Å². The van der Waals surface area contributed by atoms with Gasteiger partial charge in [0.05, 0.1) is 19.8 Å². The van der Waals surface area contributed by atoms with Gasteiger partial charge in [0.2, 0.25) is 0 Å². The van der Waals surface area contributed by atoms with Crippen molar-refractivity contribution in [3.05, 3.63) is 29.3 Å². The molecule has 0 atom stereocenters. The maximum atomic E-state index is 5.90. The fourth-order valence-electron chi connectivity index (χ4n) is 2.85. The number of aliphatic imine (C=N–C) groups is 1. The molecule has 1 fully saturated rings. The van der Waals surface area contributed by atoms with Crippen molar-refractivity contribution in [3.63, 3.8) is 0 Å². The molecule has 7 nitrogen and oxygen atoms in total. The van der Waals surface area contributed by atoms with Crippen LogP contribution in [0.4, 0.5) is 0 Å². The van der Waals surface area contributed by atoms with Gasteiger partial charge in [-0.1, -0.05) is 12.1 Å². The van der Waals surface area contributed by atoms with Crippen LogP contribution in [0.15, 0.2) is 23.2 Å². The van der Waals surface area contributed by atoms with Gasteiger partial charge in [-0.25, -0.2) is 0 Å². The lowest BCUT2D eigenvalue weighted by Gasteiger charge is -2.26. The van der Waals surface area contributed by atoms with Crippen LogP contribution in [0, 0.1) is 6.92 Å². The van der Waals surface area contributed by atoms with E-state index in [-0.39, 0.29) is 24.0 Å². The fraction of sp³-hybridized carbons (Fsp3) is 0.650. The van der Waals surface area contributed by atoms with Gasteiger partial charge in [0.1, 0.15) is 12.4 Å². The van der Waals surface area contributed by atoms with Gasteiger partial charge >= 0.3 is 0 Å². The number of benzene rings is 1. The third-order valence-corrected chi connectivity index (χ3v) is 4.41. The quantitative estimate of drug-likeness (QED) is 0.219. The van der Waals surface area contributed by atoms with E-state index in [1.165, 1.54) is 5.56 Å². The molecule has 1 aliphatic rings. The number of nitrogens with zero attached hydrogens (tertiary/aromatic N) is 2. The van der Waals surface area contributed by atoms with E-state index in [2.05, 4.69) is 45.6 Å². The van der Waals surface area contributed by atoms with Crippen LogP contribution < -0.4 is 15.4 Å². The van der Waals surface area contributed by atoms with Gasteiger partial charge in [0, 0.05) is 51.9 Å². The number of morpholine rings is 1. The molecule has 160 valence electrons. The summed E-state index contributed by atoms with van der Waals surface area (Å²) in [6, 6.07) is 6.26. The summed E-state index contributed by atoms with van der Waals surface area (Å²) in [4.78, 5) is 6.71. The van der Waals surface area contributed by atoms with Crippen molar-refractivity contribution in [2.75, 3.05) is 66.3 Å². The summed E-state index contributed by atoms with van der Waals surface area (Å²) in [5.41, 5.74) is 2.28. The second-order valence-electron chi connectivity index (χ2n) is 6.46. The fourth-order valence-corrected chi connectivity index (χ4v) is 2.85. The molecule has 8 heteroatoms. The van der Waals surface area contributed by atoms with Crippen LogP contribution in [0.3, 0.4) is 0 Å². The topological polar surface area (TPSA) is 67.4 Å². The minimum atomic E-state index is 0. The number of halogens is 1. The van der Waals surface area contributed by atoms with Gasteiger partial charge in [-0.15, -0.1) is 24.0 Å². The lowest BCUT2D eigenvalue weighted by molar-refractivity contribution is 0.0389. The van der Waals surface area contributed by atoms with Crippen molar-refractivity contribution in [2.24, 2.45) is 4.99 Å². The van der Waals surface area contributed by atoms with Crippen LogP contribution in [-0.4, -0.2) is 77.1 Å². The van der Waals surface area contributed by atoms with E-state index in [1.807, 2.05) is 6.92 Å². The Morgan fingerprint density at radius 1 is 1.21 bits per heavy atom. The minimum absolute atomic E-state index is 0. The first kappa shape index (κ1) is 24.9. The Morgan fingerprint density at radius 2 is 2.00 bits per heavy atom. The molecule has 2 N–H and O–H groups in total. The minimum Gasteiger partial charge on any atom is -0.491 e. The van der Waals surface area contributed by atoms with Gasteiger partial charge in [-0.2, -0.15) is 0 Å². The molecule has 0 aromatic heterocycles. The first-order valence-corrected chi connectivity index (χ1v) is 9.77. The summed E-state index contributed by atoms with van der Waals surface area (Å²) in [6.45, 7) is 12.1. The first-order valence-electron chi connectivity index (χ1n) is 9.77. The first-order chi connectivity index (χ1) is 13.2. The molecule has 0 unspecified atom stereocenters. The maximum absolute atomic E-state index is 5.90. The molecule has 1 aromatic carbocycles. The smallest absolute Gasteiger partial charge is 0.191 e. The van der Waals surface area contributed by atoms with Crippen LogP contribution in [0.2, 0.25) is 0 Å². The van der Waals surface area contributed by atoms with E-state index in [1.54, 1.807) is 7.05 Å². The highest BCUT2D eigenvalue weighted by atomic mass is 127. The average Bonchev–Trinajstić information content (AvgIpc) is 2.69. The number of guanidine groups is 1. The zero-order chi connectivity index (χ0) is 19.3. The molecule has 0 bridgehead atoms. The number of rotatable bonds is 10. The second-order valence-corrected chi connectivity index (χ2v) is 6.46. The molecule has 1 heterocycles. The Labute approximate surface area is 186 Å². The van der Waals surface area contributed by atoms with Gasteiger partial charge in [-0.3, -0.25) is 9.89 Å². The molecular weight excluding hydrogens is 471 g/mol. The van der Waals surface area contributed by atoms with E-state index >= 15 is 0 Å². The lowest BCUT2D eigenvalue weighted by atomic mass is 10.1. The van der Waals surface area contributed by atoms with Crippen molar-refractivity contribution >= 4 is 29.9 Å². The van der Waals surface area contributed by atoms with Crippen LogP contribution in [-0.2, 0) is 16.0 Å². The second kappa shape index (κ2) is 14.8. The molecule has 0 saturated carbocycles. The third-order valence-electron chi connectivity index (χ3n) is 4.41. The number of ether oxygens (including phenoxy) is 3. The van der Waals surface area contributed by atoms with Gasteiger partial charge in [-0.05, 0) is 25.5 Å². The van der Waals surface area contributed by atoms with E-state index in [9.17, 15) is 0 Å². The summed E-state index contributed by atoms with van der Waals surface area (Å²) >= 11 is 0. The summed E-state index contributed by atoms with van der Waals surface area (Å²) in [7, 11) is 1.79. The van der Waals surface area contributed by atoms with Crippen molar-refractivity contribution < 1.29 is 14.2 Å². The number of hydrogen-bond acceptors (Lipinski definition) is 5. The summed E-state index contributed by atoms with van der Waals surface area (Å²) < 4.78 is 16.6. The number of hydrogen-bond donors (Lipinski definition) is 2. The van der Waals surface area contributed by atoms with Crippen LogP contribution in [0.25, 0.3) is 0 Å². The Balaban J connectivity index is 0.00000392. The molecule has 1 aromatic rings. The Hall–Kier alpha value is -1.10. The number of nitrogens with one attached hydrogen (secondary N) is 2. The summed E-state index contributed by atoms with van der Waals surface area (Å²) in [6.07, 6.45) is 0. The van der Waals surface area contributed by atoms with Crippen LogP contribution in [0.1, 0.15) is 18.1 Å². The molecule has 28 heavy (non-hydrogen) atoms. The predicted octanol–water partition coefficient (Wildman–Crippen LogP) is 2.03. The zero-order valence-corrected chi connectivity index (χ0v) is 19.7. The Kier molecular flexibility index (Phi) is 13.2. The maximum Gasteiger partial charge on any atom is 0.191 e. The molecule has 1 aliphatic heterocycles. The Morgan fingerprint density at radius 3 is 2.71 bits per heavy atom. The lowest BCUT2D eigenvalue weighted by Crippen LogP contribution is -2.44. The average molecular weight is 506 g/mol. The standard InChI is InChI=1S/C20H34N4O3.HI/c1-4-25-13-14-27-19-15-17(2)5-6-18(19)16-23-20(21-3)22-7-8-24-9-11-26-12-10-24;/h5-6,15H,4,7-14,16H2,1-3H3,(H2,21,22,23);1H. The summed E-state index contributed by atoms with van der Waals surface area (Å²) in [5, 5.41) is 6.74.